The van der Waals surface area contributed by atoms with E-state index in [-0.39, 0.29) is 0 Å². The molecular formula is C20H26N4S2. The molecule has 0 radical (unpaired) electrons. The number of nitrogens with zero attached hydrogens (tertiary/aromatic N) is 2. The second-order valence-corrected chi connectivity index (χ2v) is 7.93. The van der Waals surface area contributed by atoms with E-state index in [1.165, 1.54) is 10.6 Å². The van der Waals surface area contributed by atoms with E-state index in [0.717, 1.165) is 44.2 Å². The van der Waals surface area contributed by atoms with Gasteiger partial charge in [-0.25, -0.2) is 0 Å². The number of hydrogen-bond acceptors (Lipinski definition) is 4. The Hall–Kier alpha value is -1.76. The van der Waals surface area contributed by atoms with E-state index < -0.39 is 0 Å². The normalized spacial score (nSPS) is 14.9. The lowest BCUT2D eigenvalue weighted by molar-refractivity contribution is 0.313. The summed E-state index contributed by atoms with van der Waals surface area (Å²) in [5, 5.41) is 7.37. The van der Waals surface area contributed by atoms with Crippen LogP contribution in [0, 0.1) is 0 Å². The molecule has 0 bridgehead atoms. The first-order valence-electron chi connectivity index (χ1n) is 8.97. The molecule has 2 aromatic rings. The summed E-state index contributed by atoms with van der Waals surface area (Å²) in [6.07, 6.45) is 0. The van der Waals surface area contributed by atoms with Crippen molar-refractivity contribution >= 4 is 40.5 Å². The van der Waals surface area contributed by atoms with Crippen molar-refractivity contribution in [2.24, 2.45) is 0 Å². The molecule has 1 saturated heterocycles. The molecule has 6 heteroatoms. The zero-order valence-electron chi connectivity index (χ0n) is 15.1. The van der Waals surface area contributed by atoms with Gasteiger partial charge in [-0.05, 0) is 43.5 Å². The minimum absolute atomic E-state index is 0.681. The second kappa shape index (κ2) is 9.80. The summed E-state index contributed by atoms with van der Waals surface area (Å²) < 4.78 is 0. The molecule has 0 aliphatic carbocycles. The molecule has 0 saturated carbocycles. The third-order valence-electron chi connectivity index (χ3n) is 4.40. The van der Waals surface area contributed by atoms with Crippen LogP contribution in [0.5, 0.6) is 0 Å². The Bertz CT molecular complexity index is 700. The highest BCUT2D eigenvalue weighted by Gasteiger charge is 2.17. The van der Waals surface area contributed by atoms with Gasteiger partial charge in [0.25, 0.3) is 0 Å². The van der Waals surface area contributed by atoms with Crippen molar-refractivity contribution in [1.29, 1.82) is 0 Å². The zero-order chi connectivity index (χ0) is 18.2. The van der Waals surface area contributed by atoms with Gasteiger partial charge in [-0.2, -0.15) is 0 Å². The van der Waals surface area contributed by atoms with Crippen LogP contribution in [0.15, 0.2) is 59.5 Å². The molecule has 1 heterocycles. The van der Waals surface area contributed by atoms with Crippen LogP contribution >= 0.6 is 24.0 Å². The molecule has 0 unspecified atom stereocenters. The van der Waals surface area contributed by atoms with Gasteiger partial charge < -0.3 is 20.4 Å². The van der Waals surface area contributed by atoms with Crippen molar-refractivity contribution in [2.45, 2.75) is 4.90 Å². The summed E-state index contributed by atoms with van der Waals surface area (Å²) in [4.78, 5) is 6.08. The SMILES string of the molecule is CN1CCN(c2ccccc2NC(=S)NCCSc2ccccc2)CC1. The molecule has 26 heavy (non-hydrogen) atoms. The molecule has 0 atom stereocenters. The smallest absolute Gasteiger partial charge is 0.170 e. The number of para-hydroxylation sites is 2. The maximum absolute atomic E-state index is 5.49. The van der Waals surface area contributed by atoms with Gasteiger partial charge in [0.2, 0.25) is 0 Å². The summed E-state index contributed by atoms with van der Waals surface area (Å²) in [6.45, 7) is 5.11. The maximum atomic E-state index is 5.49. The summed E-state index contributed by atoms with van der Waals surface area (Å²) in [5.74, 6) is 0.978. The standard InChI is InChI=1S/C20H26N4S2/c1-23-12-14-24(15-13-23)19-10-6-5-9-18(19)22-20(25)21-11-16-26-17-7-3-2-4-8-17/h2-10H,11-16H2,1H3,(H2,21,22,25). The Kier molecular flexibility index (Phi) is 7.17. The van der Waals surface area contributed by atoms with E-state index in [4.69, 9.17) is 12.2 Å². The first-order valence-corrected chi connectivity index (χ1v) is 10.4. The molecule has 2 aromatic carbocycles. The Labute approximate surface area is 166 Å². The van der Waals surface area contributed by atoms with Gasteiger partial charge in [-0.1, -0.05) is 30.3 Å². The topological polar surface area (TPSA) is 30.5 Å². The van der Waals surface area contributed by atoms with Crippen molar-refractivity contribution in [3.05, 3.63) is 54.6 Å². The van der Waals surface area contributed by atoms with Crippen LogP contribution in [0.25, 0.3) is 0 Å². The number of nitrogens with one attached hydrogen (secondary N) is 2. The average molecular weight is 387 g/mol. The highest BCUT2D eigenvalue weighted by molar-refractivity contribution is 7.99. The summed E-state index contributed by atoms with van der Waals surface area (Å²) in [5.41, 5.74) is 2.30. The third-order valence-corrected chi connectivity index (χ3v) is 5.66. The van der Waals surface area contributed by atoms with Crippen LogP contribution in [0.3, 0.4) is 0 Å². The first kappa shape index (κ1) is 19.0. The molecule has 1 aliphatic rings. The molecule has 0 amide bonds. The highest BCUT2D eigenvalue weighted by atomic mass is 32.2. The van der Waals surface area contributed by atoms with E-state index in [1.807, 2.05) is 17.8 Å². The fraction of sp³-hybridized carbons (Fsp3) is 0.350. The number of anilines is 2. The number of benzene rings is 2. The lowest BCUT2D eigenvalue weighted by Crippen LogP contribution is -2.44. The molecule has 138 valence electrons. The number of thioether (sulfide) groups is 1. The van der Waals surface area contributed by atoms with Gasteiger partial charge in [-0.3, -0.25) is 0 Å². The van der Waals surface area contributed by atoms with Crippen molar-refractivity contribution in [3.8, 4) is 0 Å². The van der Waals surface area contributed by atoms with E-state index in [9.17, 15) is 0 Å². The maximum Gasteiger partial charge on any atom is 0.170 e. The van der Waals surface area contributed by atoms with Gasteiger partial charge in [0.05, 0.1) is 11.4 Å². The van der Waals surface area contributed by atoms with Crippen LogP contribution in [0.1, 0.15) is 0 Å². The fourth-order valence-corrected chi connectivity index (χ4v) is 3.92. The van der Waals surface area contributed by atoms with Crippen molar-refractivity contribution in [2.75, 3.05) is 55.7 Å². The molecule has 3 rings (SSSR count). The van der Waals surface area contributed by atoms with Crippen LogP contribution < -0.4 is 15.5 Å². The van der Waals surface area contributed by atoms with Crippen LogP contribution in [-0.4, -0.2) is 55.5 Å². The predicted octanol–water partition coefficient (Wildman–Crippen LogP) is 3.52. The quantitative estimate of drug-likeness (QED) is 0.449. The number of piperazine rings is 1. The van der Waals surface area contributed by atoms with E-state index in [1.54, 1.807) is 0 Å². The second-order valence-electron chi connectivity index (χ2n) is 6.35. The van der Waals surface area contributed by atoms with Gasteiger partial charge in [0, 0.05) is 43.4 Å². The molecule has 0 spiro atoms. The van der Waals surface area contributed by atoms with E-state index >= 15 is 0 Å². The summed E-state index contributed by atoms with van der Waals surface area (Å²) in [7, 11) is 2.17. The largest absolute Gasteiger partial charge is 0.367 e. The number of hydrogen-bond donors (Lipinski definition) is 2. The third kappa shape index (κ3) is 5.62. The van der Waals surface area contributed by atoms with Gasteiger partial charge >= 0.3 is 0 Å². The van der Waals surface area contributed by atoms with E-state index in [0.29, 0.717) is 5.11 Å². The number of rotatable bonds is 6. The number of thiocarbonyl (C=S) groups is 1. The van der Waals surface area contributed by atoms with Crippen LogP contribution in [0.4, 0.5) is 11.4 Å². The lowest BCUT2D eigenvalue weighted by Gasteiger charge is -2.35. The highest BCUT2D eigenvalue weighted by Crippen LogP contribution is 2.26. The van der Waals surface area contributed by atoms with Crippen molar-refractivity contribution in [3.63, 3.8) is 0 Å². The van der Waals surface area contributed by atoms with Crippen LogP contribution in [-0.2, 0) is 0 Å². The summed E-state index contributed by atoms with van der Waals surface area (Å²) in [6, 6.07) is 18.8. The molecule has 1 fully saturated rings. The van der Waals surface area contributed by atoms with Gasteiger partial charge in [-0.15, -0.1) is 11.8 Å². The summed E-state index contributed by atoms with van der Waals surface area (Å²) >= 11 is 7.32. The average Bonchev–Trinajstić information content (AvgIpc) is 2.67. The molecule has 0 aromatic heterocycles. The minimum atomic E-state index is 0.681. The molecular weight excluding hydrogens is 360 g/mol. The molecule has 2 N–H and O–H groups in total. The predicted molar refractivity (Wildman–Crippen MR) is 118 cm³/mol. The molecule has 4 nitrogen and oxygen atoms in total. The first-order chi connectivity index (χ1) is 12.7. The Morgan fingerprint density at radius 2 is 1.69 bits per heavy atom. The lowest BCUT2D eigenvalue weighted by atomic mass is 10.2. The van der Waals surface area contributed by atoms with Gasteiger partial charge in [0.15, 0.2) is 5.11 Å². The zero-order valence-corrected chi connectivity index (χ0v) is 16.8. The van der Waals surface area contributed by atoms with Crippen LogP contribution in [0.2, 0.25) is 0 Å². The number of likely N-dealkylation sites (N-methyl/N-ethyl adjacent to an activating group) is 1. The molecule has 1 aliphatic heterocycles. The Balaban J connectivity index is 1.48. The minimum Gasteiger partial charge on any atom is -0.367 e. The monoisotopic (exact) mass is 386 g/mol. The Morgan fingerprint density at radius 3 is 2.46 bits per heavy atom. The van der Waals surface area contributed by atoms with Crippen molar-refractivity contribution < 1.29 is 0 Å². The van der Waals surface area contributed by atoms with E-state index in [2.05, 4.69) is 76.0 Å². The van der Waals surface area contributed by atoms with Gasteiger partial charge in [0.1, 0.15) is 0 Å². The Morgan fingerprint density at radius 1 is 1.00 bits per heavy atom. The fourth-order valence-electron chi connectivity index (χ4n) is 2.92. The van der Waals surface area contributed by atoms with Crippen molar-refractivity contribution in [1.82, 2.24) is 10.2 Å².